The van der Waals surface area contributed by atoms with Crippen LogP contribution in [0.3, 0.4) is 0 Å². The number of amides is 2. The number of rotatable bonds is 4. The van der Waals surface area contributed by atoms with Crippen molar-refractivity contribution in [1.29, 1.82) is 0 Å². The SMILES string of the molecule is CCOC(=O)c1ccc(N2NC(=O)/C(=C\c3cc(Br)c(O)c(Br)c3)C2=O)cc1. The number of hydrazine groups is 1. The molecule has 7 nitrogen and oxygen atoms in total. The minimum absolute atomic E-state index is 0.0210. The van der Waals surface area contributed by atoms with E-state index in [1.54, 1.807) is 31.2 Å². The summed E-state index contributed by atoms with van der Waals surface area (Å²) >= 11 is 6.42. The maximum absolute atomic E-state index is 12.7. The average Bonchev–Trinajstić information content (AvgIpc) is 2.94. The largest absolute Gasteiger partial charge is 0.506 e. The zero-order valence-electron chi connectivity index (χ0n) is 14.5. The van der Waals surface area contributed by atoms with Crippen LogP contribution in [-0.4, -0.2) is 29.5 Å². The molecule has 2 aromatic rings. The van der Waals surface area contributed by atoms with E-state index in [1.807, 2.05) is 0 Å². The molecule has 144 valence electrons. The third-order valence-electron chi connectivity index (χ3n) is 3.88. The molecule has 9 heteroatoms. The van der Waals surface area contributed by atoms with Crippen molar-refractivity contribution in [2.75, 3.05) is 11.6 Å². The maximum atomic E-state index is 12.7. The number of aromatic hydroxyl groups is 1. The number of phenolic OH excluding ortho intramolecular Hbond substituents is 1. The molecule has 0 aromatic heterocycles. The first-order chi connectivity index (χ1) is 13.3. The number of hydrogen-bond acceptors (Lipinski definition) is 5. The molecule has 1 aliphatic rings. The van der Waals surface area contributed by atoms with Gasteiger partial charge in [-0.2, -0.15) is 0 Å². The lowest BCUT2D eigenvalue weighted by Gasteiger charge is -2.14. The molecular formula is C19H14Br2N2O5. The first-order valence-corrected chi connectivity index (χ1v) is 9.72. The Labute approximate surface area is 177 Å². The Morgan fingerprint density at radius 1 is 1.18 bits per heavy atom. The van der Waals surface area contributed by atoms with Gasteiger partial charge in [-0.3, -0.25) is 15.0 Å². The van der Waals surface area contributed by atoms with Gasteiger partial charge in [0.25, 0.3) is 11.8 Å². The third-order valence-corrected chi connectivity index (χ3v) is 5.09. The monoisotopic (exact) mass is 508 g/mol. The number of ether oxygens (including phenoxy) is 1. The lowest BCUT2D eigenvalue weighted by Crippen LogP contribution is -2.35. The molecule has 0 bridgehead atoms. The molecule has 2 N–H and O–H groups in total. The van der Waals surface area contributed by atoms with Crippen molar-refractivity contribution in [3.63, 3.8) is 0 Å². The molecule has 28 heavy (non-hydrogen) atoms. The molecule has 1 heterocycles. The minimum Gasteiger partial charge on any atom is -0.506 e. The molecule has 0 radical (unpaired) electrons. The smallest absolute Gasteiger partial charge is 0.338 e. The van der Waals surface area contributed by atoms with Crippen LogP contribution in [0.1, 0.15) is 22.8 Å². The summed E-state index contributed by atoms with van der Waals surface area (Å²) in [5, 5.41) is 10.9. The van der Waals surface area contributed by atoms with Crippen molar-refractivity contribution in [2.24, 2.45) is 0 Å². The first kappa shape index (κ1) is 20.1. The van der Waals surface area contributed by atoms with Crippen molar-refractivity contribution in [2.45, 2.75) is 6.92 Å². The lowest BCUT2D eigenvalue weighted by atomic mass is 10.1. The van der Waals surface area contributed by atoms with Gasteiger partial charge in [0.1, 0.15) is 11.3 Å². The predicted molar refractivity (Wildman–Crippen MR) is 110 cm³/mol. The summed E-state index contributed by atoms with van der Waals surface area (Å²) in [6, 6.07) is 9.29. The summed E-state index contributed by atoms with van der Waals surface area (Å²) in [4.78, 5) is 36.7. The highest BCUT2D eigenvalue weighted by atomic mass is 79.9. The second-order valence-electron chi connectivity index (χ2n) is 5.74. The summed E-state index contributed by atoms with van der Waals surface area (Å²) < 4.78 is 5.76. The Hall–Kier alpha value is -2.65. The van der Waals surface area contributed by atoms with Gasteiger partial charge < -0.3 is 9.84 Å². The van der Waals surface area contributed by atoms with E-state index in [0.717, 1.165) is 5.01 Å². The van der Waals surface area contributed by atoms with E-state index >= 15 is 0 Å². The number of carbonyl (C=O) groups excluding carboxylic acids is 3. The number of nitrogens with zero attached hydrogens (tertiary/aromatic N) is 1. The molecule has 1 saturated heterocycles. The van der Waals surface area contributed by atoms with Crippen LogP contribution in [0, 0.1) is 0 Å². The summed E-state index contributed by atoms with van der Waals surface area (Å²) in [7, 11) is 0. The quantitative estimate of drug-likeness (QED) is 0.373. The van der Waals surface area contributed by atoms with Crippen molar-refractivity contribution >= 4 is 61.4 Å². The van der Waals surface area contributed by atoms with Crippen molar-refractivity contribution in [3.8, 4) is 5.75 Å². The molecule has 2 amide bonds. The number of hydrogen-bond donors (Lipinski definition) is 2. The number of benzene rings is 2. The molecular weight excluding hydrogens is 496 g/mol. The highest BCUT2D eigenvalue weighted by molar-refractivity contribution is 9.11. The number of anilines is 1. The van der Waals surface area contributed by atoms with Gasteiger partial charge >= 0.3 is 5.97 Å². The van der Waals surface area contributed by atoms with E-state index in [-0.39, 0.29) is 17.9 Å². The predicted octanol–water partition coefficient (Wildman–Crippen LogP) is 3.56. The van der Waals surface area contributed by atoms with Gasteiger partial charge in [-0.25, -0.2) is 9.80 Å². The summed E-state index contributed by atoms with van der Waals surface area (Å²) in [5.74, 6) is -1.53. The second-order valence-corrected chi connectivity index (χ2v) is 7.45. The zero-order valence-corrected chi connectivity index (χ0v) is 17.7. The van der Waals surface area contributed by atoms with Crippen LogP contribution in [0.2, 0.25) is 0 Å². The van der Waals surface area contributed by atoms with Crippen LogP contribution in [-0.2, 0) is 14.3 Å². The molecule has 0 aliphatic carbocycles. The fraction of sp³-hybridized carbons (Fsp3) is 0.105. The van der Waals surface area contributed by atoms with Crippen LogP contribution in [0.5, 0.6) is 5.75 Å². The van der Waals surface area contributed by atoms with Crippen molar-refractivity contribution in [1.82, 2.24) is 5.43 Å². The highest BCUT2D eigenvalue weighted by Gasteiger charge is 2.34. The topological polar surface area (TPSA) is 95.9 Å². The molecule has 3 rings (SSSR count). The van der Waals surface area contributed by atoms with E-state index in [2.05, 4.69) is 37.3 Å². The summed E-state index contributed by atoms with van der Waals surface area (Å²) in [6.07, 6.45) is 1.43. The number of esters is 1. The fourth-order valence-corrected chi connectivity index (χ4v) is 3.76. The molecule has 0 saturated carbocycles. The molecule has 1 aliphatic heterocycles. The molecule has 0 unspecified atom stereocenters. The Balaban J connectivity index is 1.87. The zero-order chi connectivity index (χ0) is 20.4. The normalized spacial score (nSPS) is 15.1. The molecule has 2 aromatic carbocycles. The van der Waals surface area contributed by atoms with E-state index in [9.17, 15) is 19.5 Å². The van der Waals surface area contributed by atoms with Crippen LogP contribution in [0.15, 0.2) is 50.9 Å². The van der Waals surface area contributed by atoms with Crippen LogP contribution >= 0.6 is 31.9 Å². The van der Waals surface area contributed by atoms with Crippen LogP contribution < -0.4 is 10.4 Å². The molecule has 0 atom stereocenters. The average molecular weight is 510 g/mol. The fourth-order valence-electron chi connectivity index (χ4n) is 2.54. The van der Waals surface area contributed by atoms with E-state index < -0.39 is 17.8 Å². The standard InChI is InChI=1S/C19H14Br2N2O5/c1-2-28-19(27)11-3-5-12(6-4-11)23-18(26)13(17(25)22-23)7-10-8-14(20)16(24)15(21)9-10/h3-9,24H,2H2,1H3,(H,22,25)/b13-7+. The summed E-state index contributed by atoms with van der Waals surface area (Å²) in [5.41, 5.74) is 3.74. The lowest BCUT2D eigenvalue weighted by molar-refractivity contribution is -0.117. The first-order valence-electron chi connectivity index (χ1n) is 8.14. The Bertz CT molecular complexity index is 979. The van der Waals surface area contributed by atoms with E-state index in [4.69, 9.17) is 4.74 Å². The Morgan fingerprint density at radius 2 is 1.79 bits per heavy atom. The molecule has 0 spiro atoms. The van der Waals surface area contributed by atoms with Gasteiger partial charge in [-0.05, 0) is 86.8 Å². The van der Waals surface area contributed by atoms with Crippen molar-refractivity contribution < 1.29 is 24.2 Å². The van der Waals surface area contributed by atoms with Gasteiger partial charge in [0.2, 0.25) is 0 Å². The third kappa shape index (κ3) is 3.95. The summed E-state index contributed by atoms with van der Waals surface area (Å²) in [6.45, 7) is 1.97. The van der Waals surface area contributed by atoms with Crippen LogP contribution in [0.25, 0.3) is 6.08 Å². The van der Waals surface area contributed by atoms with Gasteiger partial charge in [-0.15, -0.1) is 0 Å². The van der Waals surface area contributed by atoms with Crippen LogP contribution in [0.4, 0.5) is 5.69 Å². The van der Waals surface area contributed by atoms with Gasteiger partial charge in [0, 0.05) is 0 Å². The number of halogens is 2. The van der Waals surface area contributed by atoms with Gasteiger partial charge in [-0.1, -0.05) is 0 Å². The van der Waals surface area contributed by atoms with E-state index in [1.165, 1.54) is 18.2 Å². The van der Waals surface area contributed by atoms with Crippen molar-refractivity contribution in [3.05, 3.63) is 62.0 Å². The molecule has 1 fully saturated rings. The van der Waals surface area contributed by atoms with Gasteiger partial charge in [0.05, 0.1) is 26.8 Å². The minimum atomic E-state index is -0.556. The number of nitrogens with one attached hydrogen (secondary N) is 1. The second kappa shape index (κ2) is 8.15. The maximum Gasteiger partial charge on any atom is 0.338 e. The highest BCUT2D eigenvalue weighted by Crippen LogP contribution is 2.34. The number of phenols is 1. The van der Waals surface area contributed by atoms with E-state index in [0.29, 0.717) is 25.8 Å². The van der Waals surface area contributed by atoms with Gasteiger partial charge in [0.15, 0.2) is 0 Å². The Morgan fingerprint density at radius 3 is 2.36 bits per heavy atom. The number of carbonyl (C=O) groups is 3. The Kier molecular flexibility index (Phi) is 5.85.